The van der Waals surface area contributed by atoms with E-state index in [4.69, 9.17) is 5.73 Å². The van der Waals surface area contributed by atoms with Crippen LogP contribution in [0.15, 0.2) is 30.3 Å². The molecule has 1 aromatic heterocycles. The minimum Gasteiger partial charge on any atom is -0.344 e. The predicted molar refractivity (Wildman–Crippen MR) is 107 cm³/mol. The van der Waals surface area contributed by atoms with Crippen LogP contribution in [0.4, 0.5) is 4.39 Å². The lowest BCUT2D eigenvalue weighted by atomic mass is 9.81. The third-order valence-corrected chi connectivity index (χ3v) is 5.21. The number of aromatic nitrogens is 2. The molecule has 1 saturated carbocycles. The van der Waals surface area contributed by atoms with E-state index in [-0.39, 0.29) is 24.1 Å². The van der Waals surface area contributed by atoms with Crippen LogP contribution in [0.2, 0.25) is 0 Å². The lowest BCUT2D eigenvalue weighted by Gasteiger charge is -2.35. The lowest BCUT2D eigenvalue weighted by Crippen LogP contribution is -2.55. The molecule has 1 aliphatic carbocycles. The van der Waals surface area contributed by atoms with Crippen molar-refractivity contribution in [2.75, 3.05) is 13.6 Å². The molecular weight excluding hydrogens is 367 g/mol. The van der Waals surface area contributed by atoms with E-state index in [0.29, 0.717) is 6.54 Å². The van der Waals surface area contributed by atoms with Gasteiger partial charge in [-0.15, -0.1) is 12.4 Å². The molecule has 1 fully saturated rings. The van der Waals surface area contributed by atoms with E-state index in [9.17, 15) is 9.18 Å². The van der Waals surface area contributed by atoms with Gasteiger partial charge in [0.1, 0.15) is 5.82 Å². The monoisotopic (exact) mass is 394 g/mol. The van der Waals surface area contributed by atoms with Gasteiger partial charge in [-0.3, -0.25) is 9.89 Å². The molecule has 0 atom stereocenters. The summed E-state index contributed by atoms with van der Waals surface area (Å²) in [6.07, 6.45) is 6.41. The Morgan fingerprint density at radius 2 is 2.04 bits per heavy atom. The SMILES string of the molecule is CN(CCCc1cc(-c2cccc(F)c2)n[nH]1)C(=O)C1(N)CCCCC1.Cl. The molecule has 148 valence electrons. The second kappa shape index (κ2) is 9.33. The van der Waals surface area contributed by atoms with Gasteiger partial charge in [-0.25, -0.2) is 4.39 Å². The number of hydrogen-bond donors (Lipinski definition) is 2. The Balaban J connectivity index is 0.00000261. The van der Waals surface area contributed by atoms with Crippen molar-refractivity contribution in [3.05, 3.63) is 41.8 Å². The summed E-state index contributed by atoms with van der Waals surface area (Å²) in [6, 6.07) is 8.33. The second-order valence-corrected chi connectivity index (χ2v) is 7.34. The zero-order chi connectivity index (χ0) is 18.6. The van der Waals surface area contributed by atoms with Crippen LogP contribution in [0.1, 0.15) is 44.2 Å². The number of halogens is 2. The predicted octanol–water partition coefficient (Wildman–Crippen LogP) is 3.69. The number of benzene rings is 1. The number of hydrogen-bond acceptors (Lipinski definition) is 3. The Morgan fingerprint density at radius 3 is 2.74 bits per heavy atom. The third-order valence-electron chi connectivity index (χ3n) is 5.21. The van der Waals surface area contributed by atoms with Crippen LogP contribution >= 0.6 is 12.4 Å². The number of nitrogens with two attached hydrogens (primary N) is 1. The summed E-state index contributed by atoms with van der Waals surface area (Å²) >= 11 is 0. The maximum absolute atomic E-state index is 13.3. The number of amides is 1. The zero-order valence-electron chi connectivity index (χ0n) is 15.7. The van der Waals surface area contributed by atoms with Gasteiger partial charge in [0, 0.05) is 24.8 Å². The number of nitrogens with one attached hydrogen (secondary N) is 1. The molecule has 3 rings (SSSR count). The molecule has 0 unspecified atom stereocenters. The average Bonchev–Trinajstić information content (AvgIpc) is 3.10. The van der Waals surface area contributed by atoms with E-state index >= 15 is 0 Å². The molecule has 0 bridgehead atoms. The number of aryl methyl sites for hydroxylation is 1. The minimum atomic E-state index is -0.675. The van der Waals surface area contributed by atoms with Crippen LogP contribution in [0.5, 0.6) is 0 Å². The van der Waals surface area contributed by atoms with Gasteiger partial charge in [0.05, 0.1) is 11.2 Å². The van der Waals surface area contributed by atoms with Crippen molar-refractivity contribution in [2.45, 2.75) is 50.5 Å². The summed E-state index contributed by atoms with van der Waals surface area (Å²) in [5, 5.41) is 7.25. The molecule has 1 aliphatic rings. The highest BCUT2D eigenvalue weighted by Crippen LogP contribution is 2.27. The van der Waals surface area contributed by atoms with Crippen molar-refractivity contribution < 1.29 is 9.18 Å². The van der Waals surface area contributed by atoms with Gasteiger partial charge in [-0.1, -0.05) is 31.4 Å². The summed E-state index contributed by atoms with van der Waals surface area (Å²) in [7, 11) is 1.83. The highest BCUT2D eigenvalue weighted by molar-refractivity contribution is 5.86. The maximum Gasteiger partial charge on any atom is 0.242 e. The summed E-state index contributed by atoms with van der Waals surface area (Å²) in [5.41, 5.74) is 8.11. The highest BCUT2D eigenvalue weighted by Gasteiger charge is 2.36. The van der Waals surface area contributed by atoms with Crippen LogP contribution in [0.3, 0.4) is 0 Å². The van der Waals surface area contributed by atoms with Gasteiger partial charge in [-0.2, -0.15) is 5.10 Å². The summed E-state index contributed by atoms with van der Waals surface area (Å²) in [6.45, 7) is 0.659. The summed E-state index contributed by atoms with van der Waals surface area (Å²) in [5.74, 6) is -0.215. The van der Waals surface area contributed by atoms with Crippen LogP contribution in [-0.4, -0.2) is 40.1 Å². The van der Waals surface area contributed by atoms with Crippen molar-refractivity contribution in [1.29, 1.82) is 0 Å². The van der Waals surface area contributed by atoms with Crippen molar-refractivity contribution in [3.63, 3.8) is 0 Å². The normalized spacial score (nSPS) is 15.8. The quantitative estimate of drug-likeness (QED) is 0.784. The second-order valence-electron chi connectivity index (χ2n) is 7.34. The Kier molecular flexibility index (Phi) is 7.39. The summed E-state index contributed by atoms with van der Waals surface area (Å²) < 4.78 is 13.3. The molecule has 1 heterocycles. The maximum atomic E-state index is 13.3. The molecule has 27 heavy (non-hydrogen) atoms. The molecule has 3 N–H and O–H groups in total. The largest absolute Gasteiger partial charge is 0.344 e. The molecule has 1 aromatic carbocycles. The molecule has 2 aromatic rings. The first-order valence-corrected chi connectivity index (χ1v) is 9.33. The molecule has 1 amide bonds. The number of nitrogens with zero attached hydrogens (tertiary/aromatic N) is 2. The average molecular weight is 395 g/mol. The zero-order valence-corrected chi connectivity index (χ0v) is 16.5. The van der Waals surface area contributed by atoms with Gasteiger partial charge in [0.25, 0.3) is 0 Å². The van der Waals surface area contributed by atoms with E-state index in [1.54, 1.807) is 11.0 Å². The van der Waals surface area contributed by atoms with Crippen LogP contribution in [-0.2, 0) is 11.2 Å². The number of H-pyrrole nitrogens is 1. The van der Waals surface area contributed by atoms with E-state index in [2.05, 4.69) is 10.2 Å². The first kappa shape index (κ1) is 21.4. The van der Waals surface area contributed by atoms with Crippen molar-refractivity contribution >= 4 is 18.3 Å². The number of carbonyl (C=O) groups excluding carboxylic acids is 1. The van der Waals surface area contributed by atoms with Crippen molar-refractivity contribution in [3.8, 4) is 11.3 Å². The van der Waals surface area contributed by atoms with Gasteiger partial charge in [0.15, 0.2) is 0 Å². The van der Waals surface area contributed by atoms with Gasteiger partial charge in [-0.05, 0) is 43.9 Å². The van der Waals surface area contributed by atoms with Crippen LogP contribution in [0.25, 0.3) is 11.3 Å². The van der Waals surface area contributed by atoms with Gasteiger partial charge in [0.2, 0.25) is 5.91 Å². The number of aromatic amines is 1. The highest BCUT2D eigenvalue weighted by atomic mass is 35.5. The number of carbonyl (C=O) groups is 1. The minimum absolute atomic E-state index is 0. The van der Waals surface area contributed by atoms with Crippen LogP contribution in [0, 0.1) is 5.82 Å². The van der Waals surface area contributed by atoms with E-state index in [1.807, 2.05) is 19.2 Å². The van der Waals surface area contributed by atoms with Crippen LogP contribution < -0.4 is 5.73 Å². The fourth-order valence-corrected chi connectivity index (χ4v) is 3.67. The van der Waals surface area contributed by atoms with Crippen molar-refractivity contribution in [2.24, 2.45) is 5.73 Å². The summed E-state index contributed by atoms with van der Waals surface area (Å²) in [4.78, 5) is 14.4. The van der Waals surface area contributed by atoms with E-state index in [0.717, 1.165) is 55.5 Å². The molecular formula is C20H28ClFN4O. The van der Waals surface area contributed by atoms with E-state index < -0.39 is 5.54 Å². The Morgan fingerprint density at radius 1 is 1.30 bits per heavy atom. The van der Waals surface area contributed by atoms with Crippen molar-refractivity contribution in [1.82, 2.24) is 15.1 Å². The Labute approximate surface area is 165 Å². The third kappa shape index (κ3) is 5.30. The first-order valence-electron chi connectivity index (χ1n) is 9.33. The fourth-order valence-electron chi connectivity index (χ4n) is 3.67. The topological polar surface area (TPSA) is 75.0 Å². The Bertz CT molecular complexity index is 758. The molecule has 0 saturated heterocycles. The number of rotatable bonds is 6. The lowest BCUT2D eigenvalue weighted by molar-refractivity contribution is -0.136. The molecule has 5 nitrogen and oxygen atoms in total. The standard InChI is InChI=1S/C20H27FN4O.ClH/c1-25(19(26)20(22)10-3-2-4-11-20)12-6-9-17-14-18(24-23-17)15-7-5-8-16(21)13-15;/h5,7-8,13-14H,2-4,6,9-12,22H2,1H3,(H,23,24);1H. The molecule has 7 heteroatoms. The molecule has 0 aliphatic heterocycles. The van der Waals surface area contributed by atoms with E-state index in [1.165, 1.54) is 18.6 Å². The first-order chi connectivity index (χ1) is 12.5. The van der Waals surface area contributed by atoms with Gasteiger partial charge >= 0.3 is 0 Å². The van der Waals surface area contributed by atoms with Gasteiger partial charge < -0.3 is 10.6 Å². The molecule has 0 spiro atoms. The fraction of sp³-hybridized carbons (Fsp3) is 0.500. The Hall–Kier alpha value is -1.92. The molecule has 0 radical (unpaired) electrons. The smallest absolute Gasteiger partial charge is 0.242 e. The number of likely N-dealkylation sites (N-methyl/N-ethyl adjacent to an activating group) is 1.